The van der Waals surface area contributed by atoms with Gasteiger partial charge in [-0.3, -0.25) is 0 Å². The number of β-amino-alcohol motifs (C(OH)–C–C–N with tert-alkyl or cyclic N) is 1. The van der Waals surface area contributed by atoms with Crippen LogP contribution in [-0.4, -0.2) is 73.8 Å². The van der Waals surface area contributed by atoms with Crippen LogP contribution in [0.2, 0.25) is 0 Å². The van der Waals surface area contributed by atoms with Gasteiger partial charge in [-0.2, -0.15) is 4.31 Å². The number of urea groups is 1. The van der Waals surface area contributed by atoms with Crippen LogP contribution in [0.4, 0.5) is 4.79 Å². The second-order valence-corrected chi connectivity index (χ2v) is 9.88. The summed E-state index contributed by atoms with van der Waals surface area (Å²) in [5, 5.41) is 13.1. The highest BCUT2D eigenvalue weighted by atomic mass is 32.2. The Labute approximate surface area is 165 Å². The molecule has 2 atom stereocenters. The molecule has 2 N–H and O–H groups in total. The zero-order valence-electron chi connectivity index (χ0n) is 15.8. The summed E-state index contributed by atoms with van der Waals surface area (Å²) in [4.78, 5) is 14.1. The number of likely N-dealkylation sites (tertiary alicyclic amines) is 1. The van der Waals surface area contributed by atoms with Crippen LogP contribution in [-0.2, 0) is 27.1 Å². The molecule has 1 aliphatic carbocycles. The number of carbonyl (C=O) groups excluding carboxylic acids is 1. The summed E-state index contributed by atoms with van der Waals surface area (Å²) in [6.45, 7) is 2.86. The number of benzene rings is 1. The van der Waals surface area contributed by atoms with E-state index in [-0.39, 0.29) is 18.3 Å². The summed E-state index contributed by atoms with van der Waals surface area (Å²) in [5.74, 6) is 0.243. The molecule has 0 bridgehead atoms. The van der Waals surface area contributed by atoms with Gasteiger partial charge in [0.05, 0.1) is 31.1 Å². The van der Waals surface area contributed by atoms with Crippen LogP contribution in [0, 0.1) is 5.92 Å². The molecule has 3 fully saturated rings. The van der Waals surface area contributed by atoms with Gasteiger partial charge in [-0.1, -0.05) is 24.3 Å². The predicted molar refractivity (Wildman–Crippen MR) is 103 cm³/mol. The first-order valence-electron chi connectivity index (χ1n) is 9.75. The van der Waals surface area contributed by atoms with Gasteiger partial charge in [-0.25, -0.2) is 13.2 Å². The summed E-state index contributed by atoms with van der Waals surface area (Å²) in [5.41, 5.74) is 0.779. The standard InChI is InChI=1S/C19H27N3O5S/c23-18(21-6-5-17-11-19(17,24)14-21)20-12-15-3-1-2-4-16(15)13-28(25,26)22-7-9-27-10-8-22/h1-4,17,24H,5-14H2,(H,20,23)/t17-,19+/m1/s1. The van der Waals surface area contributed by atoms with Crippen molar-refractivity contribution in [2.45, 2.75) is 30.7 Å². The van der Waals surface area contributed by atoms with Crippen molar-refractivity contribution in [3.63, 3.8) is 0 Å². The number of aliphatic hydroxyl groups is 1. The molecule has 0 unspecified atom stereocenters. The Hall–Kier alpha value is -1.68. The largest absolute Gasteiger partial charge is 0.388 e. The molecule has 2 heterocycles. The van der Waals surface area contributed by atoms with E-state index in [4.69, 9.17) is 4.74 Å². The van der Waals surface area contributed by atoms with Crippen LogP contribution in [0.3, 0.4) is 0 Å². The number of rotatable bonds is 5. The highest BCUT2D eigenvalue weighted by Crippen LogP contribution is 2.48. The van der Waals surface area contributed by atoms with Crippen LogP contribution in [0.15, 0.2) is 24.3 Å². The SMILES string of the molecule is O=C(NCc1ccccc1CS(=O)(=O)N1CCOCC1)N1CC[C@@H]2C[C@]2(O)C1. The third-order valence-electron chi connectivity index (χ3n) is 5.95. The minimum Gasteiger partial charge on any atom is -0.388 e. The maximum Gasteiger partial charge on any atom is 0.317 e. The van der Waals surface area contributed by atoms with Gasteiger partial charge in [0.1, 0.15) is 0 Å². The fourth-order valence-electron chi connectivity index (χ4n) is 4.09. The third-order valence-corrected chi connectivity index (χ3v) is 7.78. The van der Waals surface area contributed by atoms with Gasteiger partial charge in [0.25, 0.3) is 0 Å². The van der Waals surface area contributed by atoms with Crippen molar-refractivity contribution in [1.82, 2.24) is 14.5 Å². The molecule has 1 aromatic carbocycles. The number of sulfonamides is 1. The maximum absolute atomic E-state index is 12.7. The van der Waals surface area contributed by atoms with Gasteiger partial charge >= 0.3 is 6.03 Å². The van der Waals surface area contributed by atoms with E-state index >= 15 is 0 Å². The Bertz CT molecular complexity index is 840. The predicted octanol–water partition coefficient (Wildman–Crippen LogP) is 0.515. The van der Waals surface area contributed by atoms with E-state index in [1.54, 1.807) is 11.0 Å². The molecule has 1 saturated carbocycles. The molecule has 2 aliphatic heterocycles. The fraction of sp³-hybridized carbons (Fsp3) is 0.632. The Morgan fingerprint density at radius 1 is 1.21 bits per heavy atom. The first kappa shape index (κ1) is 19.6. The number of fused-ring (bicyclic) bond motifs is 1. The molecular weight excluding hydrogens is 382 g/mol. The van der Waals surface area contributed by atoms with Gasteiger partial charge in [0, 0.05) is 26.2 Å². The average molecular weight is 410 g/mol. The lowest BCUT2D eigenvalue weighted by Gasteiger charge is -2.30. The molecule has 3 aliphatic rings. The van der Waals surface area contributed by atoms with E-state index in [9.17, 15) is 18.3 Å². The molecule has 8 nitrogen and oxygen atoms in total. The molecule has 9 heteroatoms. The van der Waals surface area contributed by atoms with Gasteiger partial charge in [0.15, 0.2) is 0 Å². The summed E-state index contributed by atoms with van der Waals surface area (Å²) >= 11 is 0. The number of hydrogen-bond acceptors (Lipinski definition) is 5. The van der Waals surface area contributed by atoms with Gasteiger partial charge in [-0.15, -0.1) is 0 Å². The minimum atomic E-state index is -3.43. The van der Waals surface area contributed by atoms with E-state index in [0.29, 0.717) is 50.9 Å². The molecule has 28 heavy (non-hydrogen) atoms. The molecular formula is C19H27N3O5S. The smallest absolute Gasteiger partial charge is 0.317 e. The van der Waals surface area contributed by atoms with Crippen LogP contribution in [0.1, 0.15) is 24.0 Å². The van der Waals surface area contributed by atoms with E-state index in [1.807, 2.05) is 18.2 Å². The summed E-state index contributed by atoms with van der Waals surface area (Å²) in [6, 6.07) is 7.06. The van der Waals surface area contributed by atoms with Crippen molar-refractivity contribution in [2.24, 2.45) is 5.92 Å². The molecule has 0 spiro atoms. The minimum absolute atomic E-state index is 0.0931. The molecule has 154 valence electrons. The average Bonchev–Trinajstić information content (AvgIpc) is 3.38. The molecule has 0 aromatic heterocycles. The number of amides is 2. The van der Waals surface area contributed by atoms with Crippen LogP contribution < -0.4 is 5.32 Å². The van der Waals surface area contributed by atoms with Crippen LogP contribution in [0.5, 0.6) is 0 Å². The lowest BCUT2D eigenvalue weighted by Crippen LogP contribution is -2.48. The topological polar surface area (TPSA) is 99.2 Å². The fourth-order valence-corrected chi connectivity index (χ4v) is 5.66. The normalized spacial score (nSPS) is 27.9. The van der Waals surface area contributed by atoms with E-state index in [2.05, 4.69) is 5.32 Å². The number of morpholine rings is 1. The summed E-state index contributed by atoms with van der Waals surface area (Å²) in [7, 11) is -3.43. The van der Waals surface area contributed by atoms with Crippen molar-refractivity contribution in [3.05, 3.63) is 35.4 Å². The van der Waals surface area contributed by atoms with Gasteiger partial charge < -0.3 is 20.1 Å². The van der Waals surface area contributed by atoms with Crippen LogP contribution in [0.25, 0.3) is 0 Å². The van der Waals surface area contributed by atoms with Crippen molar-refractivity contribution in [2.75, 3.05) is 39.4 Å². The van der Waals surface area contributed by atoms with Crippen LogP contribution >= 0.6 is 0 Å². The Morgan fingerprint density at radius 2 is 1.93 bits per heavy atom. The Kier molecular flexibility index (Phi) is 5.34. The Balaban J connectivity index is 1.38. The summed E-state index contributed by atoms with van der Waals surface area (Å²) < 4.78 is 32.1. The van der Waals surface area contributed by atoms with Crippen molar-refractivity contribution >= 4 is 16.1 Å². The first-order valence-corrected chi connectivity index (χ1v) is 11.4. The molecule has 0 radical (unpaired) electrons. The highest BCUT2D eigenvalue weighted by molar-refractivity contribution is 7.88. The van der Waals surface area contributed by atoms with Gasteiger partial charge in [0.2, 0.25) is 10.0 Å². The van der Waals surface area contributed by atoms with Crippen molar-refractivity contribution in [3.8, 4) is 0 Å². The molecule has 2 saturated heterocycles. The number of nitrogens with zero attached hydrogens (tertiary/aromatic N) is 2. The van der Waals surface area contributed by atoms with E-state index < -0.39 is 15.6 Å². The monoisotopic (exact) mass is 409 g/mol. The number of hydrogen-bond donors (Lipinski definition) is 2. The van der Waals surface area contributed by atoms with Crippen molar-refractivity contribution < 1.29 is 23.1 Å². The molecule has 2 amide bonds. The first-order chi connectivity index (χ1) is 13.4. The molecule has 4 rings (SSSR count). The lowest BCUT2D eigenvalue weighted by atomic mass is 10.1. The second kappa shape index (κ2) is 7.62. The Morgan fingerprint density at radius 3 is 2.64 bits per heavy atom. The maximum atomic E-state index is 12.7. The number of ether oxygens (including phenoxy) is 1. The number of piperidine rings is 1. The second-order valence-electron chi connectivity index (χ2n) is 7.91. The number of nitrogens with one attached hydrogen (secondary N) is 1. The highest BCUT2D eigenvalue weighted by Gasteiger charge is 2.56. The quantitative estimate of drug-likeness (QED) is 0.739. The number of carbonyl (C=O) groups is 1. The third kappa shape index (κ3) is 4.17. The molecule has 1 aromatic rings. The zero-order chi connectivity index (χ0) is 19.8. The summed E-state index contributed by atoms with van der Waals surface area (Å²) in [6.07, 6.45) is 1.61. The van der Waals surface area contributed by atoms with E-state index in [0.717, 1.165) is 18.4 Å². The van der Waals surface area contributed by atoms with Gasteiger partial charge in [-0.05, 0) is 29.9 Å². The zero-order valence-corrected chi connectivity index (χ0v) is 16.7. The van der Waals surface area contributed by atoms with Crippen molar-refractivity contribution in [1.29, 1.82) is 0 Å². The van der Waals surface area contributed by atoms with E-state index in [1.165, 1.54) is 4.31 Å². The lowest BCUT2D eigenvalue weighted by molar-refractivity contribution is 0.0639.